The van der Waals surface area contributed by atoms with Gasteiger partial charge in [0.2, 0.25) is 0 Å². The molecule has 140 valence electrons. The number of amides is 1. The fourth-order valence-corrected chi connectivity index (χ4v) is 3.46. The molecular weight excluding hydrogens is 342 g/mol. The third-order valence-corrected chi connectivity index (χ3v) is 4.87. The Morgan fingerprint density at radius 1 is 1.30 bits per heavy atom. The van der Waals surface area contributed by atoms with E-state index in [0.29, 0.717) is 24.5 Å². The summed E-state index contributed by atoms with van der Waals surface area (Å²) >= 11 is 0. The molecule has 0 bridgehead atoms. The molecule has 0 spiro atoms. The summed E-state index contributed by atoms with van der Waals surface area (Å²) in [5, 5.41) is 11.0. The van der Waals surface area contributed by atoms with Crippen LogP contribution in [0, 0.1) is 6.92 Å². The van der Waals surface area contributed by atoms with Gasteiger partial charge in [0.05, 0.1) is 18.8 Å². The van der Waals surface area contributed by atoms with E-state index >= 15 is 0 Å². The Morgan fingerprint density at radius 3 is 2.89 bits per heavy atom. The number of aryl methyl sites for hydroxylation is 1. The number of hydrogen-bond donors (Lipinski definition) is 1. The van der Waals surface area contributed by atoms with E-state index < -0.39 is 0 Å². The second-order valence-corrected chi connectivity index (χ2v) is 7.11. The van der Waals surface area contributed by atoms with Crippen molar-refractivity contribution in [2.75, 3.05) is 13.6 Å². The summed E-state index contributed by atoms with van der Waals surface area (Å²) in [6, 6.07) is 12.2. The molecule has 1 aromatic carbocycles. The lowest BCUT2D eigenvalue weighted by molar-refractivity contribution is 0.0773. The molecule has 1 aliphatic heterocycles. The molecule has 27 heavy (non-hydrogen) atoms. The van der Waals surface area contributed by atoms with E-state index in [9.17, 15) is 4.79 Å². The first-order valence-corrected chi connectivity index (χ1v) is 9.09. The minimum Gasteiger partial charge on any atom is -0.359 e. The zero-order valence-corrected chi connectivity index (χ0v) is 15.6. The van der Waals surface area contributed by atoms with Gasteiger partial charge in [-0.1, -0.05) is 29.4 Å². The molecule has 0 fully saturated rings. The van der Waals surface area contributed by atoms with Crippen molar-refractivity contribution in [3.63, 3.8) is 0 Å². The van der Waals surface area contributed by atoms with Crippen molar-refractivity contribution in [1.82, 2.24) is 25.2 Å². The topological polar surface area (TPSA) is 78.3 Å². The Kier molecular flexibility index (Phi) is 4.77. The van der Waals surface area contributed by atoms with E-state index in [0.717, 1.165) is 30.9 Å². The molecule has 2 aromatic heterocycles. The van der Waals surface area contributed by atoms with Gasteiger partial charge >= 0.3 is 0 Å². The van der Waals surface area contributed by atoms with Crippen LogP contribution in [0.2, 0.25) is 0 Å². The number of hydrogen-bond acceptors (Lipinski definition) is 5. The fraction of sp³-hybridized carbons (Fsp3) is 0.350. The van der Waals surface area contributed by atoms with Crippen molar-refractivity contribution >= 4 is 5.91 Å². The molecule has 7 heteroatoms. The molecule has 0 saturated heterocycles. The average Bonchev–Trinajstić information content (AvgIpc) is 3.30. The van der Waals surface area contributed by atoms with Gasteiger partial charge in [-0.3, -0.25) is 14.8 Å². The summed E-state index contributed by atoms with van der Waals surface area (Å²) in [6.45, 7) is 4.87. The molecule has 0 atom stereocenters. The normalized spacial score (nSPS) is 14.1. The SMILES string of the molecule is Cc1cc(CN(C)C(=O)c2cc(CN3CCc4ccccc4C3)on2)n[nH]1. The van der Waals surface area contributed by atoms with E-state index in [1.807, 2.05) is 13.0 Å². The van der Waals surface area contributed by atoms with Crippen LogP contribution in [0.15, 0.2) is 40.9 Å². The smallest absolute Gasteiger partial charge is 0.276 e. The lowest BCUT2D eigenvalue weighted by atomic mass is 10.00. The van der Waals surface area contributed by atoms with Gasteiger partial charge in [-0.15, -0.1) is 0 Å². The lowest BCUT2D eigenvalue weighted by Crippen LogP contribution is -2.29. The highest BCUT2D eigenvalue weighted by Crippen LogP contribution is 2.20. The summed E-state index contributed by atoms with van der Waals surface area (Å²) in [5.41, 5.74) is 4.89. The monoisotopic (exact) mass is 365 g/mol. The number of H-pyrrole nitrogens is 1. The summed E-state index contributed by atoms with van der Waals surface area (Å²) < 4.78 is 5.42. The van der Waals surface area contributed by atoms with Gasteiger partial charge in [0, 0.05) is 31.9 Å². The number of benzene rings is 1. The third kappa shape index (κ3) is 3.93. The Balaban J connectivity index is 1.37. The highest BCUT2D eigenvalue weighted by Gasteiger charge is 2.21. The summed E-state index contributed by atoms with van der Waals surface area (Å²) in [7, 11) is 1.74. The molecule has 0 saturated carbocycles. The minimum atomic E-state index is -0.172. The van der Waals surface area contributed by atoms with Gasteiger partial charge < -0.3 is 9.42 Å². The quantitative estimate of drug-likeness (QED) is 0.752. The van der Waals surface area contributed by atoms with Gasteiger partial charge in [-0.2, -0.15) is 5.10 Å². The number of aromatic amines is 1. The molecule has 0 aliphatic carbocycles. The molecule has 1 amide bonds. The number of aromatic nitrogens is 3. The second-order valence-electron chi connectivity index (χ2n) is 7.11. The van der Waals surface area contributed by atoms with E-state index in [-0.39, 0.29) is 5.91 Å². The number of carbonyl (C=O) groups excluding carboxylic acids is 1. The van der Waals surface area contributed by atoms with E-state index in [1.165, 1.54) is 11.1 Å². The van der Waals surface area contributed by atoms with Gasteiger partial charge in [-0.25, -0.2) is 0 Å². The molecule has 3 aromatic rings. The fourth-order valence-electron chi connectivity index (χ4n) is 3.46. The summed E-state index contributed by atoms with van der Waals surface area (Å²) in [4.78, 5) is 16.5. The number of carbonyl (C=O) groups is 1. The molecule has 3 heterocycles. The van der Waals surface area contributed by atoms with Crippen LogP contribution >= 0.6 is 0 Å². The minimum absolute atomic E-state index is 0.172. The average molecular weight is 365 g/mol. The van der Waals surface area contributed by atoms with Crippen LogP contribution in [0.3, 0.4) is 0 Å². The van der Waals surface area contributed by atoms with Gasteiger partial charge in [0.25, 0.3) is 5.91 Å². The predicted octanol–water partition coefficient (Wildman–Crippen LogP) is 2.54. The Morgan fingerprint density at radius 2 is 2.11 bits per heavy atom. The second kappa shape index (κ2) is 7.36. The van der Waals surface area contributed by atoms with Gasteiger partial charge in [0.15, 0.2) is 11.5 Å². The highest BCUT2D eigenvalue weighted by atomic mass is 16.5. The van der Waals surface area contributed by atoms with Crippen LogP contribution in [-0.2, 0) is 26.1 Å². The number of nitrogens with one attached hydrogen (secondary N) is 1. The van der Waals surface area contributed by atoms with Crippen LogP contribution in [0.25, 0.3) is 0 Å². The Hall–Kier alpha value is -2.93. The van der Waals surface area contributed by atoms with Gasteiger partial charge in [-0.05, 0) is 30.5 Å². The van der Waals surface area contributed by atoms with Crippen molar-refractivity contribution in [2.45, 2.75) is 33.0 Å². The summed E-state index contributed by atoms with van der Waals surface area (Å²) in [6.07, 6.45) is 1.03. The van der Waals surface area contributed by atoms with E-state index in [4.69, 9.17) is 4.52 Å². The highest BCUT2D eigenvalue weighted by molar-refractivity contribution is 5.92. The Bertz CT molecular complexity index is 945. The molecule has 4 rings (SSSR count). The van der Waals surface area contributed by atoms with Crippen LogP contribution in [0.4, 0.5) is 0 Å². The van der Waals surface area contributed by atoms with Crippen LogP contribution in [0.5, 0.6) is 0 Å². The van der Waals surface area contributed by atoms with Crippen molar-refractivity contribution in [3.8, 4) is 0 Å². The lowest BCUT2D eigenvalue weighted by Gasteiger charge is -2.27. The van der Waals surface area contributed by atoms with Crippen LogP contribution in [0.1, 0.15) is 38.8 Å². The first kappa shape index (κ1) is 17.5. The Labute approximate surface area is 158 Å². The van der Waals surface area contributed by atoms with Crippen LogP contribution in [-0.4, -0.2) is 44.7 Å². The van der Waals surface area contributed by atoms with Crippen molar-refractivity contribution < 1.29 is 9.32 Å². The zero-order valence-electron chi connectivity index (χ0n) is 15.6. The molecular formula is C20H23N5O2. The predicted molar refractivity (Wildman–Crippen MR) is 99.9 cm³/mol. The van der Waals surface area contributed by atoms with Crippen LogP contribution < -0.4 is 0 Å². The molecule has 1 aliphatic rings. The van der Waals surface area contributed by atoms with Crippen molar-refractivity contribution in [3.05, 3.63) is 70.4 Å². The van der Waals surface area contributed by atoms with Crippen molar-refractivity contribution in [2.24, 2.45) is 0 Å². The number of rotatable bonds is 5. The maximum absolute atomic E-state index is 12.6. The third-order valence-electron chi connectivity index (χ3n) is 4.87. The van der Waals surface area contributed by atoms with Gasteiger partial charge in [0.1, 0.15) is 0 Å². The molecule has 0 radical (unpaired) electrons. The maximum atomic E-state index is 12.6. The largest absolute Gasteiger partial charge is 0.359 e. The molecule has 0 unspecified atom stereocenters. The first-order valence-electron chi connectivity index (χ1n) is 9.09. The van der Waals surface area contributed by atoms with E-state index in [2.05, 4.69) is 44.5 Å². The molecule has 7 nitrogen and oxygen atoms in total. The van der Waals surface area contributed by atoms with E-state index in [1.54, 1.807) is 18.0 Å². The number of fused-ring (bicyclic) bond motifs is 1. The maximum Gasteiger partial charge on any atom is 0.276 e. The summed E-state index contributed by atoms with van der Waals surface area (Å²) in [5.74, 6) is 0.538. The number of nitrogens with zero attached hydrogens (tertiary/aromatic N) is 4. The zero-order chi connectivity index (χ0) is 18.8. The first-order chi connectivity index (χ1) is 13.1. The molecule has 1 N–H and O–H groups in total. The van der Waals surface area contributed by atoms with Crippen molar-refractivity contribution in [1.29, 1.82) is 0 Å². The standard InChI is InChI=1S/C20H23N5O2/c1-14-9-17(22-21-14)12-24(2)20(26)19-10-18(27-23-19)13-25-8-7-15-5-3-4-6-16(15)11-25/h3-6,9-10H,7-8,11-13H2,1-2H3,(H,21,22).